The predicted molar refractivity (Wildman–Crippen MR) is 49.7 cm³/mol. The highest BCUT2D eigenvalue weighted by atomic mass is 16.1. The Bertz CT molecular complexity index is 238. The molecule has 0 spiro atoms. The third kappa shape index (κ3) is 2.87. The van der Waals surface area contributed by atoms with Crippen molar-refractivity contribution < 1.29 is 4.79 Å². The first kappa shape index (κ1) is 8.98. The van der Waals surface area contributed by atoms with Gasteiger partial charge in [-0.3, -0.25) is 4.79 Å². The summed E-state index contributed by atoms with van der Waals surface area (Å²) in [6.07, 6.45) is 3.11. The predicted octanol–water partition coefficient (Wildman–Crippen LogP) is 2.41. The lowest BCUT2D eigenvalue weighted by molar-refractivity contribution is -0.115. The summed E-state index contributed by atoms with van der Waals surface area (Å²) in [6, 6.07) is 10.0. The van der Waals surface area contributed by atoms with Crippen LogP contribution in [-0.2, 0) is 11.2 Å². The lowest BCUT2D eigenvalue weighted by Crippen LogP contribution is -1.98. The van der Waals surface area contributed by atoms with Gasteiger partial charge in [-0.15, -0.1) is 0 Å². The Morgan fingerprint density at radius 3 is 2.58 bits per heavy atom. The maximum Gasteiger partial charge on any atom is 0.136 e. The highest BCUT2D eigenvalue weighted by Crippen LogP contribution is 2.02. The van der Waals surface area contributed by atoms with E-state index in [1.807, 2.05) is 37.3 Å². The molecule has 1 aromatic carbocycles. The van der Waals surface area contributed by atoms with Gasteiger partial charge in [-0.25, -0.2) is 0 Å². The largest absolute Gasteiger partial charge is 0.299 e. The molecule has 0 amide bonds. The van der Waals surface area contributed by atoms with Crippen LogP contribution in [0, 0.1) is 6.42 Å². The van der Waals surface area contributed by atoms with Gasteiger partial charge in [-0.2, -0.15) is 0 Å². The van der Waals surface area contributed by atoms with Gasteiger partial charge < -0.3 is 0 Å². The van der Waals surface area contributed by atoms with Crippen LogP contribution < -0.4 is 0 Å². The summed E-state index contributed by atoms with van der Waals surface area (Å²) in [6.45, 7) is 1.88. The molecular weight excluding hydrogens is 148 g/mol. The van der Waals surface area contributed by atoms with Gasteiger partial charge >= 0.3 is 0 Å². The van der Waals surface area contributed by atoms with Crippen LogP contribution in [0.4, 0.5) is 0 Å². The molecule has 0 saturated heterocycles. The first-order valence-electron chi connectivity index (χ1n) is 4.23. The van der Waals surface area contributed by atoms with Crippen LogP contribution >= 0.6 is 0 Å². The van der Waals surface area contributed by atoms with Crippen molar-refractivity contribution in [3.63, 3.8) is 0 Å². The molecule has 0 aliphatic carbocycles. The summed E-state index contributed by atoms with van der Waals surface area (Å²) in [5.41, 5.74) is 1.19. The van der Waals surface area contributed by atoms with E-state index in [-0.39, 0.29) is 5.78 Å². The normalized spacial score (nSPS) is 9.75. The Labute approximate surface area is 73.4 Å². The first-order valence-corrected chi connectivity index (χ1v) is 4.23. The van der Waals surface area contributed by atoms with Crippen LogP contribution in [0.15, 0.2) is 30.3 Å². The monoisotopic (exact) mass is 161 g/mol. The number of carbonyl (C=O) groups excluding carboxylic acids is 1. The summed E-state index contributed by atoms with van der Waals surface area (Å²) in [7, 11) is 0. The molecule has 0 atom stereocenters. The van der Waals surface area contributed by atoms with Crippen molar-refractivity contribution in [1.82, 2.24) is 0 Å². The number of Topliss-reactive ketones (excluding diaryl/α,β-unsaturated/α-hetero) is 1. The molecule has 0 aliphatic heterocycles. The number of carbonyl (C=O) groups is 1. The molecule has 0 heterocycles. The van der Waals surface area contributed by atoms with Gasteiger partial charge in [-0.1, -0.05) is 37.3 Å². The van der Waals surface area contributed by atoms with Crippen LogP contribution in [-0.4, -0.2) is 5.78 Å². The third-order valence-electron chi connectivity index (χ3n) is 1.76. The Morgan fingerprint density at radius 1 is 1.33 bits per heavy atom. The standard InChI is InChI=1S/C11H13O/c1-2-11(12)9-8-10-6-4-3-5-7-10/h3-7,9H,2,8H2,1H3. The molecule has 12 heavy (non-hydrogen) atoms. The average Bonchev–Trinajstić information content (AvgIpc) is 2.16. The Morgan fingerprint density at radius 2 is 2.00 bits per heavy atom. The van der Waals surface area contributed by atoms with Gasteiger partial charge in [0, 0.05) is 12.8 Å². The van der Waals surface area contributed by atoms with E-state index in [0.717, 1.165) is 6.42 Å². The number of hydrogen-bond acceptors (Lipinski definition) is 1. The summed E-state index contributed by atoms with van der Waals surface area (Å²) in [4.78, 5) is 10.9. The Kier molecular flexibility index (Phi) is 3.52. The maximum absolute atomic E-state index is 10.9. The summed E-state index contributed by atoms with van der Waals surface area (Å²) >= 11 is 0. The van der Waals surface area contributed by atoms with Crippen LogP contribution in [0.5, 0.6) is 0 Å². The van der Waals surface area contributed by atoms with Crippen molar-refractivity contribution in [1.29, 1.82) is 0 Å². The van der Waals surface area contributed by atoms with Crippen molar-refractivity contribution in [2.45, 2.75) is 19.8 Å². The van der Waals surface area contributed by atoms with Gasteiger partial charge in [0.2, 0.25) is 0 Å². The van der Waals surface area contributed by atoms with Crippen molar-refractivity contribution in [2.24, 2.45) is 0 Å². The van der Waals surface area contributed by atoms with E-state index >= 15 is 0 Å². The molecule has 63 valence electrons. The smallest absolute Gasteiger partial charge is 0.136 e. The topological polar surface area (TPSA) is 17.1 Å². The van der Waals surface area contributed by atoms with E-state index in [9.17, 15) is 4.79 Å². The maximum atomic E-state index is 10.9. The van der Waals surface area contributed by atoms with Crippen molar-refractivity contribution in [3.8, 4) is 0 Å². The zero-order valence-corrected chi connectivity index (χ0v) is 7.29. The first-order chi connectivity index (χ1) is 5.83. The molecule has 0 aromatic heterocycles. The Balaban J connectivity index is 2.38. The van der Waals surface area contributed by atoms with Crippen molar-refractivity contribution >= 4 is 5.78 Å². The van der Waals surface area contributed by atoms with Gasteiger partial charge in [0.15, 0.2) is 0 Å². The number of benzene rings is 1. The van der Waals surface area contributed by atoms with E-state index in [4.69, 9.17) is 0 Å². The fourth-order valence-corrected chi connectivity index (χ4v) is 0.990. The molecule has 0 unspecified atom stereocenters. The van der Waals surface area contributed by atoms with Gasteiger partial charge in [0.1, 0.15) is 5.78 Å². The zero-order valence-electron chi connectivity index (χ0n) is 7.29. The minimum atomic E-state index is 0.221. The molecule has 1 nitrogen and oxygen atoms in total. The van der Waals surface area contributed by atoms with E-state index in [1.165, 1.54) is 5.56 Å². The average molecular weight is 161 g/mol. The van der Waals surface area contributed by atoms with Crippen LogP contribution in [0.25, 0.3) is 0 Å². The second-order valence-electron chi connectivity index (χ2n) is 2.71. The highest BCUT2D eigenvalue weighted by molar-refractivity contribution is 5.86. The number of hydrogen-bond donors (Lipinski definition) is 0. The van der Waals surface area contributed by atoms with E-state index in [0.29, 0.717) is 6.42 Å². The molecule has 1 aromatic rings. The molecule has 0 bridgehead atoms. The molecular formula is C11H13O. The van der Waals surface area contributed by atoms with Gasteiger partial charge in [0.25, 0.3) is 0 Å². The van der Waals surface area contributed by atoms with Gasteiger partial charge in [-0.05, 0) is 12.0 Å². The third-order valence-corrected chi connectivity index (χ3v) is 1.76. The molecule has 0 fully saturated rings. The molecule has 0 N–H and O–H groups in total. The van der Waals surface area contributed by atoms with Gasteiger partial charge in [0.05, 0.1) is 0 Å². The molecule has 1 heteroatoms. The zero-order chi connectivity index (χ0) is 8.81. The second-order valence-corrected chi connectivity index (χ2v) is 2.71. The lowest BCUT2D eigenvalue weighted by Gasteiger charge is -1.97. The molecule has 1 rings (SSSR count). The fourth-order valence-electron chi connectivity index (χ4n) is 0.990. The summed E-state index contributed by atoms with van der Waals surface area (Å²) in [5.74, 6) is 0.221. The van der Waals surface area contributed by atoms with Crippen LogP contribution in [0.1, 0.15) is 18.9 Å². The van der Waals surface area contributed by atoms with Crippen molar-refractivity contribution in [3.05, 3.63) is 42.3 Å². The lowest BCUT2D eigenvalue weighted by atomic mass is 10.1. The molecule has 0 saturated carbocycles. The fraction of sp³-hybridized carbons (Fsp3) is 0.273. The van der Waals surface area contributed by atoms with Crippen LogP contribution in [0.3, 0.4) is 0 Å². The minimum absolute atomic E-state index is 0.221. The molecule has 0 aliphatic rings. The van der Waals surface area contributed by atoms with E-state index in [1.54, 1.807) is 6.42 Å². The molecule has 1 radical (unpaired) electrons. The number of rotatable bonds is 4. The SMILES string of the molecule is CCC(=O)[CH]Cc1ccccc1. The second kappa shape index (κ2) is 4.70. The Hall–Kier alpha value is -1.11. The summed E-state index contributed by atoms with van der Waals surface area (Å²) < 4.78 is 0. The summed E-state index contributed by atoms with van der Waals surface area (Å²) in [5, 5.41) is 0. The van der Waals surface area contributed by atoms with Crippen LogP contribution in [0.2, 0.25) is 0 Å². The van der Waals surface area contributed by atoms with Crippen molar-refractivity contribution in [2.75, 3.05) is 0 Å². The van der Waals surface area contributed by atoms with E-state index < -0.39 is 0 Å². The van der Waals surface area contributed by atoms with E-state index in [2.05, 4.69) is 0 Å². The highest BCUT2D eigenvalue weighted by Gasteiger charge is 1.98. The number of ketones is 1. The quantitative estimate of drug-likeness (QED) is 0.662. The minimum Gasteiger partial charge on any atom is -0.299 e.